The molecule has 1 aromatic rings. The smallest absolute Gasteiger partial charge is 0.130 e. The van der Waals surface area contributed by atoms with Gasteiger partial charge in [-0.2, -0.15) is 0 Å². The summed E-state index contributed by atoms with van der Waals surface area (Å²) in [6.45, 7) is 4.22. The van der Waals surface area contributed by atoms with Gasteiger partial charge in [-0.1, -0.05) is 13.0 Å². The van der Waals surface area contributed by atoms with E-state index in [4.69, 9.17) is 10.5 Å². The zero-order chi connectivity index (χ0) is 10.6. The summed E-state index contributed by atoms with van der Waals surface area (Å²) < 4.78 is 18.7. The molecule has 0 aromatic heterocycles. The van der Waals surface area contributed by atoms with E-state index in [9.17, 15) is 4.39 Å². The van der Waals surface area contributed by atoms with Crippen LogP contribution in [0.15, 0.2) is 18.2 Å². The zero-order valence-corrected chi connectivity index (χ0v) is 8.59. The van der Waals surface area contributed by atoms with Crippen LogP contribution in [0.25, 0.3) is 0 Å². The molecule has 1 unspecified atom stereocenters. The highest BCUT2D eigenvalue weighted by Gasteiger charge is 2.07. The molecule has 0 saturated heterocycles. The summed E-state index contributed by atoms with van der Waals surface area (Å²) in [5, 5.41) is 0. The molecule has 0 bridgehead atoms. The van der Waals surface area contributed by atoms with E-state index in [1.807, 2.05) is 13.8 Å². The lowest BCUT2D eigenvalue weighted by Gasteiger charge is -2.12. The Hall–Kier alpha value is -1.09. The molecule has 2 N–H and O–H groups in total. The minimum atomic E-state index is -0.298. The second-order valence-electron chi connectivity index (χ2n) is 3.34. The van der Waals surface area contributed by atoms with Crippen LogP contribution in [0.4, 0.5) is 10.1 Å². The first-order valence-electron chi connectivity index (χ1n) is 4.79. The van der Waals surface area contributed by atoms with E-state index in [1.165, 1.54) is 6.07 Å². The average Bonchev–Trinajstić information content (AvgIpc) is 2.16. The molecular weight excluding hydrogens is 181 g/mol. The second kappa shape index (κ2) is 4.96. The van der Waals surface area contributed by atoms with E-state index < -0.39 is 0 Å². The molecular formula is C11H16FNO. The number of nitrogen functional groups attached to an aromatic ring is 1. The Morgan fingerprint density at radius 2 is 2.21 bits per heavy atom. The molecule has 1 aromatic carbocycles. The lowest BCUT2D eigenvalue weighted by atomic mass is 10.2. The lowest BCUT2D eigenvalue weighted by Crippen LogP contribution is -2.08. The average molecular weight is 197 g/mol. The molecule has 0 saturated carbocycles. The zero-order valence-electron chi connectivity index (χ0n) is 8.59. The largest absolute Gasteiger partial charge is 0.398 e. The molecule has 0 aliphatic carbocycles. The summed E-state index contributed by atoms with van der Waals surface area (Å²) in [7, 11) is 0. The molecule has 1 atom stereocenters. The Kier molecular flexibility index (Phi) is 3.89. The van der Waals surface area contributed by atoms with E-state index in [0.29, 0.717) is 11.3 Å². The predicted molar refractivity (Wildman–Crippen MR) is 55.4 cm³/mol. The number of ether oxygens (including phenoxy) is 1. The Morgan fingerprint density at radius 1 is 1.50 bits per heavy atom. The van der Waals surface area contributed by atoms with Gasteiger partial charge in [-0.3, -0.25) is 0 Å². The van der Waals surface area contributed by atoms with Crippen LogP contribution < -0.4 is 5.73 Å². The monoisotopic (exact) mass is 197 g/mol. The Labute approximate surface area is 83.9 Å². The second-order valence-corrected chi connectivity index (χ2v) is 3.34. The van der Waals surface area contributed by atoms with Gasteiger partial charge in [0.2, 0.25) is 0 Å². The van der Waals surface area contributed by atoms with Crippen molar-refractivity contribution in [1.82, 2.24) is 0 Å². The molecule has 2 nitrogen and oxygen atoms in total. The quantitative estimate of drug-likeness (QED) is 0.753. The molecule has 0 spiro atoms. The van der Waals surface area contributed by atoms with Crippen LogP contribution in [0.3, 0.4) is 0 Å². The maximum absolute atomic E-state index is 13.2. The van der Waals surface area contributed by atoms with Gasteiger partial charge in [-0.25, -0.2) is 4.39 Å². The van der Waals surface area contributed by atoms with E-state index in [2.05, 4.69) is 0 Å². The number of rotatable bonds is 4. The molecule has 3 heteroatoms. The van der Waals surface area contributed by atoms with Gasteiger partial charge < -0.3 is 10.5 Å². The van der Waals surface area contributed by atoms with E-state index in [0.717, 1.165) is 6.42 Å². The summed E-state index contributed by atoms with van der Waals surface area (Å²) >= 11 is 0. The molecule has 0 radical (unpaired) electrons. The maximum atomic E-state index is 13.2. The third-order valence-electron chi connectivity index (χ3n) is 2.24. The van der Waals surface area contributed by atoms with Gasteiger partial charge in [0.15, 0.2) is 0 Å². The SMILES string of the molecule is CCC(C)OCc1c(N)cccc1F. The van der Waals surface area contributed by atoms with Gasteiger partial charge in [0.25, 0.3) is 0 Å². The first-order valence-corrected chi connectivity index (χ1v) is 4.79. The molecule has 0 amide bonds. The van der Waals surface area contributed by atoms with Crippen molar-refractivity contribution >= 4 is 5.69 Å². The van der Waals surface area contributed by atoms with Crippen molar-refractivity contribution in [1.29, 1.82) is 0 Å². The Balaban J connectivity index is 2.66. The van der Waals surface area contributed by atoms with Crippen molar-refractivity contribution in [2.24, 2.45) is 0 Å². The highest BCUT2D eigenvalue weighted by molar-refractivity contribution is 5.46. The molecule has 0 heterocycles. The standard InChI is InChI=1S/C11H16FNO/c1-3-8(2)14-7-9-10(12)5-4-6-11(9)13/h4-6,8H,3,7,13H2,1-2H3. The number of benzene rings is 1. The van der Waals surface area contributed by atoms with Crippen molar-refractivity contribution in [2.45, 2.75) is 33.0 Å². The van der Waals surface area contributed by atoms with Gasteiger partial charge in [-0.05, 0) is 25.5 Å². The molecule has 14 heavy (non-hydrogen) atoms. The Morgan fingerprint density at radius 3 is 2.79 bits per heavy atom. The van der Waals surface area contributed by atoms with E-state index >= 15 is 0 Å². The fourth-order valence-electron chi connectivity index (χ4n) is 1.07. The minimum absolute atomic E-state index is 0.133. The van der Waals surface area contributed by atoms with Gasteiger partial charge >= 0.3 is 0 Å². The number of anilines is 1. The van der Waals surface area contributed by atoms with E-state index in [-0.39, 0.29) is 18.5 Å². The van der Waals surface area contributed by atoms with Crippen molar-refractivity contribution in [3.63, 3.8) is 0 Å². The molecule has 0 fully saturated rings. The normalized spacial score (nSPS) is 12.8. The van der Waals surface area contributed by atoms with Crippen LogP contribution in [-0.2, 0) is 11.3 Å². The first kappa shape index (κ1) is 11.0. The minimum Gasteiger partial charge on any atom is -0.398 e. The Bertz CT molecular complexity index is 281. The van der Waals surface area contributed by atoms with Gasteiger partial charge in [-0.15, -0.1) is 0 Å². The van der Waals surface area contributed by atoms with Crippen LogP contribution in [-0.4, -0.2) is 6.10 Å². The molecule has 0 aliphatic rings. The lowest BCUT2D eigenvalue weighted by molar-refractivity contribution is 0.0496. The summed E-state index contributed by atoms with van der Waals surface area (Å²) in [5.41, 5.74) is 6.53. The van der Waals surface area contributed by atoms with Crippen LogP contribution in [0, 0.1) is 5.82 Å². The molecule has 1 rings (SSSR count). The topological polar surface area (TPSA) is 35.2 Å². The summed E-state index contributed by atoms with van der Waals surface area (Å²) in [5.74, 6) is -0.298. The fourth-order valence-corrected chi connectivity index (χ4v) is 1.07. The number of nitrogens with two attached hydrogens (primary N) is 1. The summed E-state index contributed by atoms with van der Waals surface area (Å²) in [6.07, 6.45) is 1.04. The fraction of sp³-hybridized carbons (Fsp3) is 0.455. The van der Waals surface area contributed by atoms with Gasteiger partial charge in [0.05, 0.1) is 12.7 Å². The van der Waals surface area contributed by atoms with Crippen LogP contribution >= 0.6 is 0 Å². The number of hydrogen-bond acceptors (Lipinski definition) is 2. The van der Waals surface area contributed by atoms with E-state index in [1.54, 1.807) is 12.1 Å². The third kappa shape index (κ3) is 2.70. The van der Waals surface area contributed by atoms with Crippen molar-refractivity contribution < 1.29 is 9.13 Å². The van der Waals surface area contributed by atoms with Gasteiger partial charge in [0, 0.05) is 11.3 Å². The summed E-state index contributed by atoms with van der Waals surface area (Å²) in [6, 6.07) is 4.67. The van der Waals surface area contributed by atoms with Crippen molar-refractivity contribution in [3.8, 4) is 0 Å². The number of halogens is 1. The van der Waals surface area contributed by atoms with Crippen molar-refractivity contribution in [2.75, 3.05) is 5.73 Å². The summed E-state index contributed by atoms with van der Waals surface area (Å²) in [4.78, 5) is 0. The molecule has 0 aliphatic heterocycles. The number of hydrogen-bond donors (Lipinski definition) is 1. The third-order valence-corrected chi connectivity index (χ3v) is 2.24. The first-order chi connectivity index (χ1) is 6.65. The van der Waals surface area contributed by atoms with Crippen LogP contribution in [0.1, 0.15) is 25.8 Å². The van der Waals surface area contributed by atoms with Crippen LogP contribution in [0.5, 0.6) is 0 Å². The van der Waals surface area contributed by atoms with Gasteiger partial charge in [0.1, 0.15) is 5.82 Å². The maximum Gasteiger partial charge on any atom is 0.130 e. The highest BCUT2D eigenvalue weighted by atomic mass is 19.1. The predicted octanol–water partition coefficient (Wildman–Crippen LogP) is 2.72. The van der Waals surface area contributed by atoms with Crippen LogP contribution in [0.2, 0.25) is 0 Å². The highest BCUT2D eigenvalue weighted by Crippen LogP contribution is 2.17. The van der Waals surface area contributed by atoms with Crippen molar-refractivity contribution in [3.05, 3.63) is 29.6 Å². The molecule has 78 valence electrons.